The van der Waals surface area contributed by atoms with Gasteiger partial charge in [-0.15, -0.1) is 22.7 Å². The molecule has 1 unspecified atom stereocenters. The van der Waals surface area contributed by atoms with Crippen LogP contribution in [0.5, 0.6) is 0 Å². The number of carbonyl (C=O) groups is 1. The van der Waals surface area contributed by atoms with Gasteiger partial charge in [0.1, 0.15) is 6.04 Å². The highest BCUT2D eigenvalue weighted by Gasteiger charge is 2.34. The fraction of sp³-hybridized carbons (Fsp3) is 0.261. The summed E-state index contributed by atoms with van der Waals surface area (Å²) in [7, 11) is 0. The number of amides is 1. The van der Waals surface area contributed by atoms with Crippen molar-refractivity contribution in [2.24, 2.45) is 0 Å². The Morgan fingerprint density at radius 2 is 2.07 bits per heavy atom. The first-order valence-electron chi connectivity index (χ1n) is 10.1. The number of carbonyl (C=O) groups excluding carboxylic acids is 1. The van der Waals surface area contributed by atoms with Crippen molar-refractivity contribution < 1.29 is 9.69 Å². The van der Waals surface area contributed by atoms with Gasteiger partial charge in [-0.25, -0.2) is 0 Å². The lowest BCUT2D eigenvalue weighted by molar-refractivity contribution is -0.919. The predicted molar refractivity (Wildman–Crippen MR) is 120 cm³/mol. The molecule has 3 aromatic heterocycles. The van der Waals surface area contributed by atoms with Crippen molar-refractivity contribution in [1.29, 1.82) is 0 Å². The molecule has 6 heteroatoms. The second kappa shape index (κ2) is 8.14. The molecule has 0 saturated heterocycles. The lowest BCUT2D eigenvalue weighted by atomic mass is 9.98. The minimum Gasteiger partial charge on any atom is -0.361 e. The predicted octanol–water partition coefficient (Wildman–Crippen LogP) is 3.18. The SMILES string of the molecule is O=C(C[NH+]1CCc2sccc2[C@@H]1c1cccs1)NCCc1c[nH]c2ccccc12. The molecule has 148 valence electrons. The molecule has 2 atom stereocenters. The Balaban J connectivity index is 1.23. The summed E-state index contributed by atoms with van der Waals surface area (Å²) in [6.45, 7) is 2.19. The Bertz CT molecular complexity index is 1110. The van der Waals surface area contributed by atoms with Gasteiger partial charge in [-0.3, -0.25) is 4.79 Å². The van der Waals surface area contributed by atoms with Crippen molar-refractivity contribution in [3.05, 3.63) is 80.3 Å². The molecule has 4 heterocycles. The van der Waals surface area contributed by atoms with Crippen LogP contribution in [-0.2, 0) is 17.6 Å². The smallest absolute Gasteiger partial charge is 0.275 e. The van der Waals surface area contributed by atoms with Crippen LogP contribution in [0.1, 0.15) is 26.9 Å². The number of quaternary nitrogens is 1. The first-order chi connectivity index (χ1) is 14.3. The average molecular weight is 423 g/mol. The van der Waals surface area contributed by atoms with Crippen molar-refractivity contribution in [1.82, 2.24) is 10.3 Å². The van der Waals surface area contributed by atoms with Crippen LogP contribution in [0.4, 0.5) is 0 Å². The number of fused-ring (bicyclic) bond motifs is 2. The van der Waals surface area contributed by atoms with E-state index in [-0.39, 0.29) is 11.9 Å². The van der Waals surface area contributed by atoms with Crippen molar-refractivity contribution in [3.63, 3.8) is 0 Å². The van der Waals surface area contributed by atoms with E-state index in [9.17, 15) is 4.79 Å². The summed E-state index contributed by atoms with van der Waals surface area (Å²) in [4.78, 5) is 20.2. The van der Waals surface area contributed by atoms with Crippen LogP contribution >= 0.6 is 22.7 Å². The van der Waals surface area contributed by atoms with E-state index in [0.717, 1.165) is 24.9 Å². The molecule has 4 nitrogen and oxygen atoms in total. The van der Waals surface area contributed by atoms with E-state index in [1.54, 1.807) is 11.3 Å². The van der Waals surface area contributed by atoms with Crippen LogP contribution in [0.15, 0.2) is 59.4 Å². The van der Waals surface area contributed by atoms with Gasteiger partial charge in [0.2, 0.25) is 0 Å². The van der Waals surface area contributed by atoms with Crippen LogP contribution < -0.4 is 10.2 Å². The summed E-state index contributed by atoms with van der Waals surface area (Å²) in [6.07, 6.45) is 3.96. The summed E-state index contributed by atoms with van der Waals surface area (Å²) in [6, 6.07) is 15.2. The molecule has 0 saturated carbocycles. The minimum absolute atomic E-state index is 0.139. The molecule has 1 aliphatic heterocycles. The van der Waals surface area contributed by atoms with Gasteiger partial charge in [0, 0.05) is 40.5 Å². The van der Waals surface area contributed by atoms with Gasteiger partial charge in [-0.1, -0.05) is 24.3 Å². The van der Waals surface area contributed by atoms with E-state index >= 15 is 0 Å². The number of nitrogens with one attached hydrogen (secondary N) is 3. The maximum Gasteiger partial charge on any atom is 0.275 e. The molecular formula is C23H24N3OS2+. The van der Waals surface area contributed by atoms with Crippen molar-refractivity contribution in [2.45, 2.75) is 18.9 Å². The Morgan fingerprint density at radius 1 is 1.14 bits per heavy atom. The topological polar surface area (TPSA) is 49.3 Å². The van der Waals surface area contributed by atoms with Crippen molar-refractivity contribution in [2.75, 3.05) is 19.6 Å². The molecule has 0 radical (unpaired) electrons. The number of rotatable bonds is 6. The van der Waals surface area contributed by atoms with E-state index in [0.29, 0.717) is 13.1 Å². The number of para-hydroxylation sites is 1. The summed E-state index contributed by atoms with van der Waals surface area (Å²) < 4.78 is 0. The Kier molecular flexibility index (Phi) is 5.23. The zero-order valence-corrected chi connectivity index (χ0v) is 17.7. The first kappa shape index (κ1) is 18.6. The first-order valence-corrected chi connectivity index (χ1v) is 11.8. The van der Waals surface area contributed by atoms with Gasteiger partial charge < -0.3 is 15.2 Å². The van der Waals surface area contributed by atoms with Gasteiger partial charge in [-0.05, 0) is 40.9 Å². The highest BCUT2D eigenvalue weighted by atomic mass is 32.1. The fourth-order valence-corrected chi connectivity index (χ4v) is 6.22. The van der Waals surface area contributed by atoms with Crippen LogP contribution in [0.2, 0.25) is 0 Å². The van der Waals surface area contributed by atoms with Gasteiger partial charge in [0.05, 0.1) is 11.4 Å². The largest absolute Gasteiger partial charge is 0.361 e. The van der Waals surface area contributed by atoms with Crippen LogP contribution in [0.3, 0.4) is 0 Å². The van der Waals surface area contributed by atoms with Gasteiger partial charge >= 0.3 is 0 Å². The molecule has 4 aromatic rings. The third-order valence-electron chi connectivity index (χ3n) is 5.78. The monoisotopic (exact) mass is 422 g/mol. The van der Waals surface area contributed by atoms with Gasteiger partial charge in [0.25, 0.3) is 5.91 Å². The lowest BCUT2D eigenvalue weighted by Crippen LogP contribution is -3.14. The summed E-state index contributed by atoms with van der Waals surface area (Å²) in [5.41, 5.74) is 3.81. The number of benzene rings is 1. The second-order valence-corrected chi connectivity index (χ2v) is 9.52. The maximum absolute atomic E-state index is 12.7. The third kappa shape index (κ3) is 3.75. The van der Waals surface area contributed by atoms with E-state index in [1.807, 2.05) is 17.4 Å². The van der Waals surface area contributed by atoms with Crippen LogP contribution in [-0.4, -0.2) is 30.5 Å². The Morgan fingerprint density at radius 3 is 2.97 bits per heavy atom. The molecule has 1 aromatic carbocycles. The quantitative estimate of drug-likeness (QED) is 0.439. The third-order valence-corrected chi connectivity index (χ3v) is 7.71. The lowest BCUT2D eigenvalue weighted by Gasteiger charge is -2.31. The Hall–Kier alpha value is -2.41. The van der Waals surface area contributed by atoms with Crippen LogP contribution in [0.25, 0.3) is 10.9 Å². The molecule has 1 aliphatic rings. The number of hydrogen-bond donors (Lipinski definition) is 3. The average Bonchev–Trinajstić information content (AvgIpc) is 3.49. The van der Waals surface area contributed by atoms with E-state index in [2.05, 4.69) is 63.7 Å². The van der Waals surface area contributed by atoms with Gasteiger partial charge in [-0.2, -0.15) is 0 Å². The number of H-pyrrole nitrogens is 1. The van der Waals surface area contributed by atoms with E-state index in [1.165, 1.54) is 31.2 Å². The molecule has 5 rings (SSSR count). The van der Waals surface area contributed by atoms with Crippen molar-refractivity contribution in [3.8, 4) is 0 Å². The molecule has 29 heavy (non-hydrogen) atoms. The molecular weight excluding hydrogens is 398 g/mol. The number of aromatic nitrogens is 1. The zero-order chi connectivity index (χ0) is 19.6. The van der Waals surface area contributed by atoms with Crippen molar-refractivity contribution >= 4 is 39.5 Å². The number of aromatic amines is 1. The molecule has 0 bridgehead atoms. The maximum atomic E-state index is 12.7. The normalized spacial score (nSPS) is 18.6. The van der Waals surface area contributed by atoms with Gasteiger partial charge in [0.15, 0.2) is 6.54 Å². The highest BCUT2D eigenvalue weighted by Crippen LogP contribution is 2.31. The molecule has 3 N–H and O–H groups in total. The summed E-state index contributed by atoms with van der Waals surface area (Å²) >= 11 is 3.64. The van der Waals surface area contributed by atoms with E-state index < -0.39 is 0 Å². The molecule has 1 amide bonds. The second-order valence-electron chi connectivity index (χ2n) is 7.54. The molecule has 0 fully saturated rings. The summed E-state index contributed by atoms with van der Waals surface area (Å²) in [5.74, 6) is 0.139. The molecule has 0 aliphatic carbocycles. The standard InChI is InChI=1S/C23H23N3OS2/c27-22(24-10-7-16-14-25-19-5-2-1-4-17(16)19)15-26-11-8-20-18(9-13-29-20)23(26)21-6-3-12-28-21/h1-6,9,12-14,23,25H,7-8,10-11,15H2,(H,24,27)/p+1/t23-/m1/s1. The minimum atomic E-state index is 0.139. The van der Waals surface area contributed by atoms with Crippen LogP contribution in [0, 0.1) is 0 Å². The number of thiophene rings is 2. The fourth-order valence-electron chi connectivity index (χ4n) is 4.39. The Labute approximate surface area is 178 Å². The van der Waals surface area contributed by atoms with E-state index in [4.69, 9.17) is 0 Å². The highest BCUT2D eigenvalue weighted by molar-refractivity contribution is 7.10. The molecule has 0 spiro atoms. The zero-order valence-electron chi connectivity index (χ0n) is 16.1. The summed E-state index contributed by atoms with van der Waals surface area (Å²) in [5, 5.41) is 8.71. The number of hydrogen-bond acceptors (Lipinski definition) is 3.